The highest BCUT2D eigenvalue weighted by atomic mass is 32.2. The number of hydrogen-bond acceptors (Lipinski definition) is 6. The van der Waals surface area contributed by atoms with Crippen LogP contribution in [0.4, 0.5) is 5.13 Å². The van der Waals surface area contributed by atoms with Gasteiger partial charge in [0.2, 0.25) is 11.0 Å². The largest absolute Gasteiger partial charge is 0.299 e. The first kappa shape index (κ1) is 17.0. The lowest BCUT2D eigenvalue weighted by Gasteiger charge is -2.27. The van der Waals surface area contributed by atoms with Crippen molar-refractivity contribution in [2.45, 2.75) is 48.7 Å². The maximum Gasteiger partial charge on any atom is 0.248 e. The second-order valence-electron chi connectivity index (χ2n) is 5.83. The molecule has 1 N–H and O–H groups in total. The van der Waals surface area contributed by atoms with Crippen LogP contribution in [0.25, 0.3) is 0 Å². The molecule has 1 aliphatic carbocycles. The van der Waals surface area contributed by atoms with Crippen molar-refractivity contribution in [1.82, 2.24) is 10.2 Å². The molecule has 0 bridgehead atoms. The second-order valence-corrected chi connectivity index (χ2v) is 9.15. The molecule has 6 nitrogen and oxygen atoms in total. The Labute approximate surface area is 145 Å². The van der Waals surface area contributed by atoms with Crippen LogP contribution in [-0.4, -0.2) is 29.3 Å². The van der Waals surface area contributed by atoms with Crippen molar-refractivity contribution < 1.29 is 13.2 Å². The topological polar surface area (TPSA) is 89.0 Å². The number of nitrogens with one attached hydrogen (secondary N) is 1. The molecular formula is C16H19N3O3S2. The summed E-state index contributed by atoms with van der Waals surface area (Å²) in [5.41, 5.74) is 0. The van der Waals surface area contributed by atoms with E-state index in [-0.39, 0.29) is 4.90 Å². The van der Waals surface area contributed by atoms with Crippen LogP contribution in [-0.2, 0) is 21.1 Å². The monoisotopic (exact) mass is 365 g/mol. The average Bonchev–Trinajstić information content (AvgIpc) is 3.25. The predicted molar refractivity (Wildman–Crippen MR) is 92.7 cm³/mol. The van der Waals surface area contributed by atoms with E-state index in [1.807, 2.05) is 6.92 Å². The molecule has 1 aliphatic rings. The minimum Gasteiger partial charge on any atom is -0.299 e. The van der Waals surface area contributed by atoms with Crippen molar-refractivity contribution in [3.05, 3.63) is 35.3 Å². The first-order chi connectivity index (χ1) is 11.5. The van der Waals surface area contributed by atoms with Crippen LogP contribution in [0.2, 0.25) is 0 Å². The number of aryl methyl sites for hydroxylation is 1. The van der Waals surface area contributed by atoms with Gasteiger partial charge in [-0.25, -0.2) is 8.42 Å². The summed E-state index contributed by atoms with van der Waals surface area (Å²) in [6, 6.07) is 8.19. The first-order valence-electron chi connectivity index (χ1n) is 7.93. The molecule has 2 aromatic rings. The molecule has 24 heavy (non-hydrogen) atoms. The Bertz CT molecular complexity index is 825. The third-order valence-electron chi connectivity index (χ3n) is 4.38. The Morgan fingerprint density at radius 3 is 2.46 bits per heavy atom. The number of aromatic nitrogens is 2. The SMILES string of the molecule is CCc1nnc(NC(=O)C2(S(=O)(=O)c3ccccc3)CCCC2)s1. The van der Waals surface area contributed by atoms with Crippen LogP contribution in [0.3, 0.4) is 0 Å². The van der Waals surface area contributed by atoms with E-state index in [2.05, 4.69) is 15.5 Å². The molecular weight excluding hydrogens is 346 g/mol. The van der Waals surface area contributed by atoms with E-state index in [9.17, 15) is 13.2 Å². The number of benzene rings is 1. The summed E-state index contributed by atoms with van der Waals surface area (Å²) >= 11 is 1.28. The molecule has 0 atom stereocenters. The Balaban J connectivity index is 1.95. The summed E-state index contributed by atoms with van der Waals surface area (Å²) in [5, 5.41) is 11.7. The van der Waals surface area contributed by atoms with Crippen LogP contribution in [0, 0.1) is 0 Å². The zero-order valence-electron chi connectivity index (χ0n) is 13.4. The lowest BCUT2D eigenvalue weighted by Crippen LogP contribution is -2.47. The molecule has 1 aromatic heterocycles. The molecule has 8 heteroatoms. The fourth-order valence-electron chi connectivity index (χ4n) is 3.05. The van der Waals surface area contributed by atoms with Crippen LogP contribution in [0.1, 0.15) is 37.6 Å². The van der Waals surface area contributed by atoms with Crippen LogP contribution in [0.5, 0.6) is 0 Å². The third-order valence-corrected chi connectivity index (χ3v) is 7.88. The first-order valence-corrected chi connectivity index (χ1v) is 10.2. The number of amides is 1. The Hall–Kier alpha value is -1.80. The van der Waals surface area contributed by atoms with Crippen LogP contribution < -0.4 is 5.32 Å². The normalized spacial score (nSPS) is 16.9. The smallest absolute Gasteiger partial charge is 0.248 e. The van der Waals surface area contributed by atoms with Gasteiger partial charge in [-0.3, -0.25) is 10.1 Å². The van der Waals surface area contributed by atoms with Gasteiger partial charge in [0.1, 0.15) is 5.01 Å². The molecule has 0 unspecified atom stereocenters. The van der Waals surface area contributed by atoms with Crippen molar-refractivity contribution in [2.75, 3.05) is 5.32 Å². The minimum atomic E-state index is -3.77. The molecule has 0 saturated heterocycles. The van der Waals surface area contributed by atoms with Gasteiger partial charge >= 0.3 is 0 Å². The van der Waals surface area contributed by atoms with Gasteiger partial charge in [0.25, 0.3) is 0 Å². The minimum absolute atomic E-state index is 0.188. The molecule has 1 aromatic carbocycles. The predicted octanol–water partition coefficient (Wildman–Crippen LogP) is 2.83. The lowest BCUT2D eigenvalue weighted by molar-refractivity contribution is -0.118. The molecule has 128 valence electrons. The van der Waals surface area contributed by atoms with Crippen molar-refractivity contribution in [3.63, 3.8) is 0 Å². The van der Waals surface area contributed by atoms with Crippen molar-refractivity contribution in [2.24, 2.45) is 0 Å². The van der Waals surface area contributed by atoms with E-state index in [1.54, 1.807) is 30.3 Å². The number of hydrogen-bond donors (Lipinski definition) is 1. The summed E-state index contributed by atoms with van der Waals surface area (Å²) in [6.07, 6.45) is 2.82. The maximum atomic E-state index is 13.2. The fraction of sp³-hybridized carbons (Fsp3) is 0.438. The zero-order chi connectivity index (χ0) is 17.2. The van der Waals surface area contributed by atoms with Gasteiger partial charge in [-0.2, -0.15) is 0 Å². The summed E-state index contributed by atoms with van der Waals surface area (Å²) in [5.74, 6) is -0.498. The van der Waals surface area contributed by atoms with Crippen LogP contribution in [0.15, 0.2) is 35.2 Å². The van der Waals surface area contributed by atoms with E-state index in [4.69, 9.17) is 0 Å². The Morgan fingerprint density at radius 2 is 1.88 bits per heavy atom. The molecule has 1 amide bonds. The average molecular weight is 365 g/mol. The second kappa shape index (κ2) is 6.60. The summed E-state index contributed by atoms with van der Waals surface area (Å²) in [7, 11) is -3.77. The number of anilines is 1. The summed E-state index contributed by atoms with van der Waals surface area (Å²) in [6.45, 7) is 1.95. The van der Waals surface area contributed by atoms with Crippen molar-refractivity contribution in [3.8, 4) is 0 Å². The molecule has 0 aliphatic heterocycles. The number of rotatable bonds is 5. The van der Waals surface area contributed by atoms with Crippen LogP contribution >= 0.6 is 11.3 Å². The van der Waals surface area contributed by atoms with Crippen molar-refractivity contribution in [1.29, 1.82) is 0 Å². The van der Waals surface area contributed by atoms with E-state index in [0.717, 1.165) is 24.3 Å². The van der Waals surface area contributed by atoms with E-state index < -0.39 is 20.5 Å². The van der Waals surface area contributed by atoms with E-state index in [0.29, 0.717) is 18.0 Å². The fourth-order valence-corrected chi connectivity index (χ4v) is 5.81. The summed E-state index contributed by atoms with van der Waals surface area (Å²) in [4.78, 5) is 13.1. The van der Waals surface area contributed by atoms with Gasteiger partial charge in [-0.05, 0) is 31.4 Å². The molecule has 0 spiro atoms. The van der Waals surface area contributed by atoms with Crippen molar-refractivity contribution >= 4 is 32.2 Å². The highest BCUT2D eigenvalue weighted by molar-refractivity contribution is 7.93. The van der Waals surface area contributed by atoms with Gasteiger partial charge in [0.05, 0.1) is 4.90 Å². The number of carbonyl (C=O) groups is 1. The van der Waals surface area contributed by atoms with E-state index in [1.165, 1.54) is 11.3 Å². The Kier molecular flexibility index (Phi) is 4.69. The highest BCUT2D eigenvalue weighted by Crippen LogP contribution is 2.41. The Morgan fingerprint density at radius 1 is 1.21 bits per heavy atom. The quantitative estimate of drug-likeness (QED) is 0.880. The lowest BCUT2D eigenvalue weighted by atomic mass is 10.1. The standard InChI is InChI=1S/C16H19N3O3S2/c1-2-13-18-19-15(23-13)17-14(20)16(10-6-7-11-16)24(21,22)12-8-4-3-5-9-12/h3-5,8-9H,2,6-7,10-11H2,1H3,(H,17,19,20). The molecule has 1 heterocycles. The van der Waals surface area contributed by atoms with Gasteiger partial charge in [0.15, 0.2) is 14.6 Å². The van der Waals surface area contributed by atoms with Gasteiger partial charge < -0.3 is 0 Å². The van der Waals surface area contributed by atoms with Gasteiger partial charge in [-0.15, -0.1) is 10.2 Å². The van der Waals surface area contributed by atoms with E-state index >= 15 is 0 Å². The highest BCUT2D eigenvalue weighted by Gasteiger charge is 2.53. The molecule has 0 radical (unpaired) electrons. The maximum absolute atomic E-state index is 13.2. The third kappa shape index (κ3) is 2.84. The summed E-state index contributed by atoms with van der Waals surface area (Å²) < 4.78 is 24.9. The number of sulfone groups is 1. The molecule has 3 rings (SSSR count). The van der Waals surface area contributed by atoms with Gasteiger partial charge in [0, 0.05) is 0 Å². The van der Waals surface area contributed by atoms with Gasteiger partial charge in [-0.1, -0.05) is 49.3 Å². The number of carbonyl (C=O) groups excluding carboxylic acids is 1. The molecule has 1 saturated carbocycles. The molecule has 1 fully saturated rings. The number of nitrogens with zero attached hydrogens (tertiary/aromatic N) is 2. The zero-order valence-corrected chi connectivity index (χ0v) is 15.0.